The van der Waals surface area contributed by atoms with E-state index >= 15 is 4.32 Å². The average Bonchev–Trinajstić information content (AvgIpc) is 1.51. The standard InChI is InChI=1S/C124H76B2FN10O2/c1-138-115-69-83(49-63-111(115)134(89-57-43-77(44-58-89)85-51-65-117-130-121-99-29-15-19-79-21-17-37-113(119(79)99)136(121)125-132(117)73-85)87-53-39-75(40-54-87)81-47-61-97-95-27-7-13-35-107(95)123(109(97)67-81)103-31-9-3-23-91(103)92-24-4-10-32-104(92)123)101(71-128)102(72-129)84-50-64-112(116(70-84)139-2)135(90-59-45-78(46-60-90)86-52-66-118-131-122-100-30-16-20-80-22-18-38-114(120(80)100)137(122)126(127)133(118)74-86)88-55-41-76(42-56-88)82-48-62-98-96-28-8-14-36-108(96)124(110(98)68-82)105-33-11-5-25-93(105)94-26-6-12-34-106(94)124/h3-70,73-74H,1-2H3/q+2/b102-101+. The third-order valence-corrected chi connectivity index (χ3v) is 30.0. The monoisotopic (exact) mass is 1780 g/mol. The van der Waals surface area contributed by atoms with Crippen molar-refractivity contribution in [2.75, 3.05) is 24.0 Å². The first-order valence-corrected chi connectivity index (χ1v) is 46.8. The minimum Gasteiger partial charge on any atom is -0.495 e. The minimum absolute atomic E-state index is 0.136. The highest BCUT2D eigenvalue weighted by Gasteiger charge is 2.54. The van der Waals surface area contributed by atoms with Crippen LogP contribution in [0.1, 0.15) is 55.6 Å². The number of pyridine rings is 2. The summed E-state index contributed by atoms with van der Waals surface area (Å²) in [6.07, 6.45) is 3.99. The Morgan fingerprint density at radius 1 is 0.338 bits per heavy atom. The van der Waals surface area contributed by atoms with Crippen LogP contribution in [0.5, 0.6) is 11.5 Å². The van der Waals surface area contributed by atoms with E-state index in [1.807, 2.05) is 79.0 Å². The molecule has 15 heteroatoms. The number of hydrogen-bond acceptors (Lipinski definition) is 8. The Morgan fingerprint density at radius 2 is 0.683 bits per heavy atom. The van der Waals surface area contributed by atoms with Gasteiger partial charge >= 0.3 is 26.4 Å². The van der Waals surface area contributed by atoms with Crippen molar-refractivity contribution in [1.82, 2.24) is 8.96 Å². The summed E-state index contributed by atoms with van der Waals surface area (Å²) < 4.78 is 38.1. The molecular weight excluding hydrogens is 1700 g/mol. The molecule has 6 heterocycles. The van der Waals surface area contributed by atoms with E-state index in [-0.39, 0.29) is 11.1 Å². The summed E-state index contributed by atoms with van der Waals surface area (Å²) in [7, 11) is 3.85. The van der Waals surface area contributed by atoms with Gasteiger partial charge in [-0.1, -0.05) is 279 Å². The van der Waals surface area contributed by atoms with Gasteiger partial charge < -0.3 is 23.8 Å². The van der Waals surface area contributed by atoms with Gasteiger partial charge in [-0.25, -0.2) is 4.48 Å². The van der Waals surface area contributed by atoms with E-state index in [1.165, 1.54) is 99.8 Å². The van der Waals surface area contributed by atoms with Crippen molar-refractivity contribution in [1.29, 1.82) is 10.5 Å². The molecule has 0 saturated carbocycles. The number of fused-ring (bicyclic) bond motifs is 28. The molecule has 139 heavy (non-hydrogen) atoms. The van der Waals surface area contributed by atoms with Crippen LogP contribution in [0.2, 0.25) is 0 Å². The summed E-state index contributed by atoms with van der Waals surface area (Å²) in [5, 5.41) is 29.8. The predicted octanol–water partition coefficient (Wildman–Crippen LogP) is 27.0. The summed E-state index contributed by atoms with van der Waals surface area (Å²) in [6, 6.07) is 151. The SMILES string of the molecule is COc1cc(/C(C#N)=C(\C#N)c2ccc(N(c3ccc(-c4ccc5c(c4)C4(c6ccccc6-c6ccccc64)c4ccccc4-5)cc3)c3ccc(-c4ccc5[n+](c4)B(F)n4c(c6cccc7cccc4c76)=N5)cc3)c(OC)c2)ccc1N(c1ccc(-c2ccc3c(c2)C2(c4ccccc4-c4ccccc42)c2ccccc2-3)cc1)c1ccc(-c2ccc3[n+](c2)[B]n2c(c4cccc5cccc2c54)=N3)cc1. The van der Waals surface area contributed by atoms with Gasteiger partial charge in [0.2, 0.25) is 11.0 Å². The highest BCUT2D eigenvalue weighted by molar-refractivity contribution is 6.42. The quantitative estimate of drug-likeness (QED) is 0.0608. The van der Waals surface area contributed by atoms with Crippen LogP contribution in [0.25, 0.3) is 144 Å². The lowest BCUT2D eigenvalue weighted by Gasteiger charge is -2.30. The van der Waals surface area contributed by atoms with Gasteiger partial charge in [0.25, 0.3) is 0 Å². The molecule has 0 unspecified atom stereocenters. The third kappa shape index (κ3) is 11.4. The lowest BCUT2D eigenvalue weighted by atomic mass is 9.70. The Balaban J connectivity index is 0.540. The second-order valence-electron chi connectivity index (χ2n) is 36.7. The number of methoxy groups -OCH3 is 2. The molecule has 4 aromatic heterocycles. The van der Waals surface area contributed by atoms with Gasteiger partial charge in [-0.3, -0.25) is 13.3 Å². The Hall–Kier alpha value is -18.3. The second-order valence-corrected chi connectivity index (χ2v) is 36.7. The summed E-state index contributed by atoms with van der Waals surface area (Å²) in [5.74, 6) is 2.25. The fourth-order valence-corrected chi connectivity index (χ4v) is 23.9. The fourth-order valence-electron chi connectivity index (χ4n) is 23.9. The van der Waals surface area contributed by atoms with Gasteiger partial charge in [0, 0.05) is 67.8 Å². The number of ether oxygens (including phenoxy) is 2. The van der Waals surface area contributed by atoms with Crippen LogP contribution < -0.4 is 39.2 Å². The smallest absolute Gasteiger partial charge is 0.495 e. The number of nitrogens with zero attached hydrogens (tertiary/aromatic N) is 10. The zero-order chi connectivity index (χ0) is 92.2. The van der Waals surface area contributed by atoms with Crippen molar-refractivity contribution in [3.63, 3.8) is 0 Å². The largest absolute Gasteiger partial charge is 0.727 e. The molecule has 28 rings (SSSR count). The molecule has 0 atom stereocenters. The zero-order valence-corrected chi connectivity index (χ0v) is 75.2. The molecule has 645 valence electrons. The van der Waals surface area contributed by atoms with Gasteiger partial charge in [0.1, 0.15) is 23.6 Å². The number of aromatic nitrogens is 4. The highest BCUT2D eigenvalue weighted by atomic mass is 19.1. The lowest BCUT2D eigenvalue weighted by Crippen LogP contribution is -2.58. The maximum absolute atomic E-state index is 17.4. The molecule has 0 bridgehead atoms. The predicted molar refractivity (Wildman–Crippen MR) is 554 cm³/mol. The van der Waals surface area contributed by atoms with Gasteiger partial charge in [0.15, 0.2) is 0 Å². The zero-order valence-electron chi connectivity index (χ0n) is 75.2. The highest BCUT2D eigenvalue weighted by Crippen LogP contribution is 2.66. The van der Waals surface area contributed by atoms with Crippen LogP contribution in [0, 0.1) is 22.7 Å². The van der Waals surface area contributed by atoms with Crippen LogP contribution in [0.4, 0.5) is 50.1 Å². The van der Waals surface area contributed by atoms with Gasteiger partial charge in [-0.05, 0) is 276 Å². The molecule has 6 aliphatic rings. The molecule has 0 fully saturated rings. The first-order valence-electron chi connectivity index (χ1n) is 46.8. The van der Waals surface area contributed by atoms with E-state index in [0.717, 1.165) is 111 Å². The van der Waals surface area contributed by atoms with E-state index < -0.39 is 18.1 Å². The van der Waals surface area contributed by atoms with Gasteiger partial charge in [-0.15, -0.1) is 0 Å². The van der Waals surface area contributed by atoms with Crippen molar-refractivity contribution in [2.45, 2.75) is 10.8 Å². The van der Waals surface area contributed by atoms with Crippen molar-refractivity contribution in [2.24, 2.45) is 9.98 Å². The van der Waals surface area contributed by atoms with Crippen molar-refractivity contribution in [3.05, 3.63) is 492 Å². The van der Waals surface area contributed by atoms with E-state index in [9.17, 15) is 10.5 Å². The summed E-state index contributed by atoms with van der Waals surface area (Å²) in [4.78, 5) is 14.7. The molecule has 4 aliphatic carbocycles. The van der Waals surface area contributed by atoms with E-state index in [2.05, 4.69) is 384 Å². The molecule has 12 nitrogen and oxygen atoms in total. The molecule has 0 N–H and O–H groups in total. The lowest BCUT2D eigenvalue weighted by molar-refractivity contribution is -0.535. The molecule has 0 amide bonds. The van der Waals surface area contributed by atoms with Crippen molar-refractivity contribution in [3.8, 4) is 113 Å². The molecule has 2 spiro atoms. The molecule has 0 saturated heterocycles. The summed E-state index contributed by atoms with van der Waals surface area (Å²) in [6.45, 7) is 0. The Bertz CT molecular complexity index is 9220. The van der Waals surface area contributed by atoms with E-state index in [1.54, 1.807) is 23.2 Å². The molecule has 1 radical (unpaired) electrons. The van der Waals surface area contributed by atoms with Crippen LogP contribution >= 0.6 is 0 Å². The number of hydrogen-bond donors (Lipinski definition) is 0. The number of halogens is 1. The first-order chi connectivity index (χ1) is 68.6. The molecule has 22 aromatic rings. The fraction of sp³-hybridized carbons (Fsp3) is 0.0323. The normalized spacial score (nSPS) is 13.5. The van der Waals surface area contributed by atoms with Crippen LogP contribution in [-0.2, 0) is 10.8 Å². The number of benzene rings is 18. The van der Waals surface area contributed by atoms with Crippen molar-refractivity contribution < 1.29 is 22.7 Å². The number of allylic oxidation sites excluding steroid dienone is 2. The number of rotatable bonds is 14. The van der Waals surface area contributed by atoms with E-state index in [0.29, 0.717) is 45.3 Å². The Morgan fingerprint density at radius 3 is 1.10 bits per heavy atom. The minimum atomic E-state index is -1.56. The second kappa shape index (κ2) is 30.4. The average molecular weight is 1780 g/mol. The summed E-state index contributed by atoms with van der Waals surface area (Å²) in [5.41, 5.74) is 36.3. The van der Waals surface area contributed by atoms with Gasteiger partial charge in [-0.2, -0.15) is 10.5 Å². The molecular formula is C124H76B2FN10O2+2. The van der Waals surface area contributed by atoms with Crippen LogP contribution in [0.15, 0.2) is 435 Å². The number of nitriles is 2. The van der Waals surface area contributed by atoms with Gasteiger partial charge in [0.05, 0.1) is 70.7 Å². The van der Waals surface area contributed by atoms with E-state index in [4.69, 9.17) is 19.5 Å². The Labute approximate surface area is 800 Å². The molecule has 18 aromatic carbocycles. The molecule has 2 aliphatic heterocycles. The Kier molecular flexibility index (Phi) is 17.3. The first kappa shape index (κ1) is 79.3. The number of anilines is 6. The summed E-state index contributed by atoms with van der Waals surface area (Å²) >= 11 is 0. The maximum atomic E-state index is 17.4. The van der Waals surface area contributed by atoms with Crippen molar-refractivity contribution >= 4 is 115 Å². The van der Waals surface area contributed by atoms with Crippen LogP contribution in [0.3, 0.4) is 0 Å². The topological polar surface area (TPSA) is 115 Å². The third-order valence-electron chi connectivity index (χ3n) is 30.0. The maximum Gasteiger partial charge on any atom is 0.727 e. The van der Waals surface area contributed by atoms with Crippen LogP contribution in [-0.4, -0.2) is 38.0 Å².